The number of hydrogen-bond donors (Lipinski definition) is 3. The number of ketones is 2. The van der Waals surface area contributed by atoms with E-state index in [1.165, 1.54) is 24.3 Å². The van der Waals surface area contributed by atoms with E-state index < -0.39 is 52.0 Å². The minimum absolute atomic E-state index is 0.0166. The monoisotopic (exact) mass is 722 g/mol. The number of rotatable bonds is 17. The quantitative estimate of drug-likeness (QED) is 0.0323. The Bertz CT molecular complexity index is 1740. The van der Waals surface area contributed by atoms with Crippen molar-refractivity contribution in [2.24, 2.45) is 5.73 Å². The molecule has 1 heterocycles. The molecule has 1 aliphatic rings. The molecule has 4 N–H and O–H groups in total. The third-order valence-corrected chi connectivity index (χ3v) is 8.04. The first-order chi connectivity index (χ1) is 24.0. The first kappa shape index (κ1) is 38.8. The molecule has 0 saturated carbocycles. The second-order valence-corrected chi connectivity index (χ2v) is 12.3. The van der Waals surface area contributed by atoms with E-state index in [0.717, 1.165) is 18.2 Å². The molecule has 0 spiro atoms. The van der Waals surface area contributed by atoms with Gasteiger partial charge in [-0.2, -0.15) is 26.3 Å². The zero-order valence-corrected chi connectivity index (χ0v) is 27.3. The minimum atomic E-state index is -4.86. The minimum Gasteiger partial charge on any atom is -0.488 e. The van der Waals surface area contributed by atoms with Crippen LogP contribution >= 0.6 is 0 Å². The molecule has 3 aromatic carbocycles. The Hall–Kier alpha value is -4.99. The lowest BCUT2D eigenvalue weighted by atomic mass is 9.94. The fourth-order valence-corrected chi connectivity index (χ4v) is 5.57. The van der Waals surface area contributed by atoms with Gasteiger partial charge >= 0.3 is 12.4 Å². The molecule has 16 heteroatoms. The summed E-state index contributed by atoms with van der Waals surface area (Å²) in [4.78, 5) is 36.4. The number of halogens is 6. The number of carbonyl (C=O) groups excluding carboxylic acids is 2. The predicted octanol–water partition coefficient (Wildman–Crippen LogP) is 7.52. The normalized spacial score (nSPS) is 14.7. The van der Waals surface area contributed by atoms with E-state index in [1.807, 2.05) is 0 Å². The highest BCUT2D eigenvalue weighted by Crippen LogP contribution is 2.38. The van der Waals surface area contributed by atoms with Gasteiger partial charge in [-0.05, 0) is 61.7 Å². The van der Waals surface area contributed by atoms with E-state index >= 15 is 0 Å². The molecule has 0 aromatic heterocycles. The van der Waals surface area contributed by atoms with Gasteiger partial charge < -0.3 is 20.5 Å². The van der Waals surface area contributed by atoms with Crippen molar-refractivity contribution in [1.29, 1.82) is 5.41 Å². The zero-order chi connectivity index (χ0) is 37.3. The number of carbonyl (C=O) groups is 2. The Morgan fingerprint density at radius 1 is 0.843 bits per heavy atom. The van der Waals surface area contributed by atoms with E-state index in [1.54, 1.807) is 0 Å². The van der Waals surface area contributed by atoms with Gasteiger partial charge in [0.2, 0.25) is 0 Å². The molecule has 4 rings (SSSR count). The number of benzene rings is 3. The number of amidine groups is 1. The van der Waals surface area contributed by atoms with Gasteiger partial charge in [-0.15, -0.1) is 0 Å². The highest BCUT2D eigenvalue weighted by molar-refractivity contribution is 5.85. The summed E-state index contributed by atoms with van der Waals surface area (Å²) in [5, 5.41) is 21.5. The molecule has 0 amide bonds. The van der Waals surface area contributed by atoms with E-state index in [2.05, 4.69) is 5.32 Å². The van der Waals surface area contributed by atoms with Gasteiger partial charge in [0, 0.05) is 55.8 Å². The maximum absolute atomic E-state index is 14.0. The molecule has 1 atom stereocenters. The van der Waals surface area contributed by atoms with E-state index in [9.17, 15) is 46.0 Å². The Morgan fingerprint density at radius 2 is 1.45 bits per heavy atom. The lowest BCUT2D eigenvalue weighted by Gasteiger charge is -2.22. The number of nitrogens with two attached hydrogens (primary N) is 1. The SMILES string of the molecule is N=C(N)CCCCCC(=O)Cc1cc(C(F)(F)F)cc(CC(=O)Cc2ccc(Oc3cc([N+](=O)[O-])cc(C(F)(F)F)c3)cc2)c1O[C@@H]1CCNC1. The van der Waals surface area contributed by atoms with Crippen LogP contribution in [0.4, 0.5) is 32.0 Å². The lowest BCUT2D eigenvalue weighted by molar-refractivity contribution is -0.385. The van der Waals surface area contributed by atoms with Crippen molar-refractivity contribution in [1.82, 2.24) is 5.32 Å². The average molecular weight is 723 g/mol. The second-order valence-electron chi connectivity index (χ2n) is 12.3. The average Bonchev–Trinajstić information content (AvgIpc) is 3.55. The molecule has 0 unspecified atom stereocenters. The number of nitro groups is 1. The number of nitro benzene ring substituents is 1. The molecule has 3 aromatic rings. The van der Waals surface area contributed by atoms with Gasteiger partial charge in [0.25, 0.3) is 5.69 Å². The number of alkyl halides is 6. The van der Waals surface area contributed by atoms with Gasteiger partial charge in [0.15, 0.2) is 0 Å². The number of non-ortho nitro benzene ring substituents is 1. The van der Waals surface area contributed by atoms with Crippen LogP contribution in [0.25, 0.3) is 0 Å². The summed E-state index contributed by atoms with van der Waals surface area (Å²) in [7, 11) is 0. The van der Waals surface area contributed by atoms with Crippen molar-refractivity contribution >= 4 is 23.1 Å². The molecular weight excluding hydrogens is 686 g/mol. The standard InChI is InChI=1S/C35H36F6N4O6/c36-34(37,38)24-13-22(15-27(46)4-2-1-3-5-32(42)43)33(51-30-10-11-44-20-30)23(14-24)16-28(47)12-21-6-8-29(9-7-21)50-31-18-25(35(39,40)41)17-26(19-31)45(48)49/h6-9,13-14,17-19,30,44H,1-5,10-12,15-16,20H2,(H3,42,43)/t30-/m1/s1. The zero-order valence-electron chi connectivity index (χ0n) is 27.3. The third-order valence-electron chi connectivity index (χ3n) is 8.04. The van der Waals surface area contributed by atoms with Crippen LogP contribution in [0.1, 0.15) is 66.3 Å². The molecule has 274 valence electrons. The van der Waals surface area contributed by atoms with Gasteiger partial charge in [0.05, 0.1) is 28.0 Å². The molecule has 10 nitrogen and oxygen atoms in total. The molecule has 51 heavy (non-hydrogen) atoms. The van der Waals surface area contributed by atoms with E-state index in [0.29, 0.717) is 62.9 Å². The summed E-state index contributed by atoms with van der Waals surface area (Å²) in [6.45, 7) is 1.05. The van der Waals surface area contributed by atoms with Crippen LogP contribution in [0.5, 0.6) is 17.2 Å². The maximum Gasteiger partial charge on any atom is 0.416 e. The fourth-order valence-electron chi connectivity index (χ4n) is 5.57. The number of Topliss-reactive ketones (excluding diaryl/α,β-unsaturated/α-hetero) is 2. The van der Waals surface area contributed by atoms with Gasteiger partial charge in [-0.3, -0.25) is 25.1 Å². The summed E-state index contributed by atoms with van der Waals surface area (Å²) < 4.78 is 93.5. The molecular formula is C35H36F6N4O6. The molecule has 1 fully saturated rings. The van der Waals surface area contributed by atoms with Crippen molar-refractivity contribution in [2.75, 3.05) is 13.1 Å². The number of hydrogen-bond acceptors (Lipinski definition) is 8. The Morgan fingerprint density at radius 3 is 2.02 bits per heavy atom. The number of unbranched alkanes of at least 4 members (excludes halogenated alkanes) is 2. The molecule has 1 saturated heterocycles. The van der Waals surface area contributed by atoms with Gasteiger partial charge in [-0.1, -0.05) is 18.6 Å². The topological polar surface area (TPSA) is 158 Å². The second kappa shape index (κ2) is 16.8. The van der Waals surface area contributed by atoms with Crippen molar-refractivity contribution < 1.29 is 50.3 Å². The first-order valence-electron chi connectivity index (χ1n) is 16.1. The van der Waals surface area contributed by atoms with E-state index in [4.69, 9.17) is 20.6 Å². The summed E-state index contributed by atoms with van der Waals surface area (Å²) in [6, 6.07) is 9.12. The van der Waals surface area contributed by atoms with Crippen LogP contribution in [-0.2, 0) is 41.2 Å². The van der Waals surface area contributed by atoms with Crippen molar-refractivity contribution in [3.63, 3.8) is 0 Å². The van der Waals surface area contributed by atoms with Crippen LogP contribution < -0.4 is 20.5 Å². The molecule has 0 aliphatic carbocycles. The van der Waals surface area contributed by atoms with E-state index in [-0.39, 0.29) is 59.6 Å². The van der Waals surface area contributed by atoms with Crippen LogP contribution in [-0.4, -0.2) is 41.5 Å². The van der Waals surface area contributed by atoms with Gasteiger partial charge in [0.1, 0.15) is 34.9 Å². The van der Waals surface area contributed by atoms with Crippen LogP contribution in [0.15, 0.2) is 54.6 Å². The summed E-state index contributed by atoms with van der Waals surface area (Å²) in [5.74, 6) is -1.09. The Balaban J connectivity index is 1.52. The summed E-state index contributed by atoms with van der Waals surface area (Å²) in [5.41, 5.74) is 2.66. The van der Waals surface area contributed by atoms with Crippen molar-refractivity contribution in [2.45, 2.75) is 76.2 Å². The summed E-state index contributed by atoms with van der Waals surface area (Å²) in [6.07, 6.45) is -8.26. The Labute approximate surface area is 289 Å². The highest BCUT2D eigenvalue weighted by Gasteiger charge is 2.35. The van der Waals surface area contributed by atoms with Crippen LogP contribution in [0.3, 0.4) is 0 Å². The predicted molar refractivity (Wildman–Crippen MR) is 174 cm³/mol. The summed E-state index contributed by atoms with van der Waals surface area (Å²) >= 11 is 0. The third kappa shape index (κ3) is 11.8. The molecule has 1 aliphatic heterocycles. The van der Waals surface area contributed by atoms with Crippen LogP contribution in [0.2, 0.25) is 0 Å². The maximum atomic E-state index is 14.0. The van der Waals surface area contributed by atoms with Crippen LogP contribution in [0, 0.1) is 15.5 Å². The lowest BCUT2D eigenvalue weighted by Crippen LogP contribution is -2.22. The number of nitrogens with one attached hydrogen (secondary N) is 2. The first-order valence-corrected chi connectivity index (χ1v) is 16.1. The fraction of sp³-hybridized carbons (Fsp3) is 0.400. The van der Waals surface area contributed by atoms with Crippen molar-refractivity contribution in [3.8, 4) is 17.2 Å². The van der Waals surface area contributed by atoms with Gasteiger partial charge in [-0.25, -0.2) is 0 Å². The highest BCUT2D eigenvalue weighted by atomic mass is 19.4. The number of nitrogens with zero attached hydrogens (tertiary/aromatic N) is 1. The largest absolute Gasteiger partial charge is 0.488 e. The molecule has 0 bridgehead atoms. The number of ether oxygens (including phenoxy) is 2. The molecule has 0 radical (unpaired) electrons. The smallest absolute Gasteiger partial charge is 0.416 e. The Kier molecular flexibility index (Phi) is 12.8. The van der Waals surface area contributed by atoms with Crippen molar-refractivity contribution in [3.05, 3.63) is 92.5 Å².